The first-order valence-corrected chi connectivity index (χ1v) is 4.75. The van der Waals surface area contributed by atoms with E-state index in [9.17, 15) is 4.79 Å². The highest BCUT2D eigenvalue weighted by atomic mass is 16.3. The van der Waals surface area contributed by atoms with E-state index in [1.54, 1.807) is 30.7 Å². The van der Waals surface area contributed by atoms with Crippen LogP contribution in [0.3, 0.4) is 0 Å². The molecule has 16 heavy (non-hydrogen) atoms. The normalized spacial score (nSPS) is 10.8. The Morgan fingerprint density at radius 1 is 1.31 bits per heavy atom. The lowest BCUT2D eigenvalue weighted by Crippen LogP contribution is -1.78. The van der Waals surface area contributed by atoms with Crippen LogP contribution in [0.1, 0.15) is 10.6 Å². The van der Waals surface area contributed by atoms with Gasteiger partial charge in [-0.15, -0.1) is 0 Å². The first kappa shape index (κ1) is 8.91. The van der Waals surface area contributed by atoms with Gasteiger partial charge in [0.2, 0.25) is 0 Å². The second kappa shape index (κ2) is 3.34. The van der Waals surface area contributed by atoms with Crippen molar-refractivity contribution in [1.82, 2.24) is 4.98 Å². The van der Waals surface area contributed by atoms with Gasteiger partial charge in [0.05, 0.1) is 6.26 Å². The van der Waals surface area contributed by atoms with Crippen LogP contribution in [-0.2, 0) is 0 Å². The van der Waals surface area contributed by atoms with Crippen LogP contribution in [0.4, 0.5) is 0 Å². The molecule has 0 aliphatic heterocycles. The predicted octanol–water partition coefficient (Wildman–Crippen LogP) is 2.90. The Morgan fingerprint density at radius 3 is 3.00 bits per heavy atom. The predicted molar refractivity (Wildman–Crippen MR) is 57.1 cm³/mol. The monoisotopic (exact) mass is 213 g/mol. The fraction of sp³-hybridized carbons (Fsp3) is 0. The van der Waals surface area contributed by atoms with E-state index < -0.39 is 0 Å². The first-order chi connectivity index (χ1) is 7.86. The van der Waals surface area contributed by atoms with Gasteiger partial charge < -0.3 is 8.83 Å². The number of aldehydes is 1. The largest absolute Gasteiger partial charge is 0.463 e. The third-order valence-corrected chi connectivity index (χ3v) is 2.31. The first-order valence-electron chi connectivity index (χ1n) is 4.75. The Hall–Kier alpha value is -2.36. The zero-order chi connectivity index (χ0) is 11.0. The topological polar surface area (TPSA) is 56.2 Å². The van der Waals surface area contributed by atoms with Gasteiger partial charge >= 0.3 is 0 Å². The van der Waals surface area contributed by atoms with Crippen molar-refractivity contribution in [1.29, 1.82) is 0 Å². The van der Waals surface area contributed by atoms with E-state index in [4.69, 9.17) is 8.83 Å². The summed E-state index contributed by atoms with van der Waals surface area (Å²) in [7, 11) is 0. The molecule has 4 nitrogen and oxygen atoms in total. The van der Waals surface area contributed by atoms with Crippen LogP contribution in [0.5, 0.6) is 0 Å². The van der Waals surface area contributed by atoms with E-state index in [0.717, 1.165) is 5.39 Å². The van der Waals surface area contributed by atoms with Gasteiger partial charge in [-0.3, -0.25) is 9.78 Å². The Labute approximate surface area is 90.5 Å². The average Bonchev–Trinajstić information content (AvgIpc) is 2.96. The van der Waals surface area contributed by atoms with Gasteiger partial charge in [0.15, 0.2) is 17.8 Å². The van der Waals surface area contributed by atoms with Gasteiger partial charge in [-0.1, -0.05) is 0 Å². The molecule has 3 heterocycles. The molecule has 3 rings (SSSR count). The minimum Gasteiger partial charge on any atom is -0.463 e. The standard InChI is InChI=1S/C12H7NO3/c14-7-9-4-8-6-13-10(5-12(8)16-9)11-2-1-3-15-11/h1-7H. The molecule has 0 fully saturated rings. The third kappa shape index (κ3) is 1.32. The highest BCUT2D eigenvalue weighted by Crippen LogP contribution is 2.24. The number of nitrogens with zero attached hydrogens (tertiary/aromatic N) is 1. The Bertz CT molecular complexity index is 637. The zero-order valence-corrected chi connectivity index (χ0v) is 8.21. The number of carbonyl (C=O) groups excluding carboxylic acids is 1. The second-order valence-electron chi connectivity index (χ2n) is 3.35. The molecule has 3 aromatic heterocycles. The lowest BCUT2D eigenvalue weighted by Gasteiger charge is -1.94. The fourth-order valence-corrected chi connectivity index (χ4v) is 1.57. The molecule has 0 aliphatic carbocycles. The summed E-state index contributed by atoms with van der Waals surface area (Å²) in [5.74, 6) is 0.972. The molecule has 0 saturated carbocycles. The van der Waals surface area contributed by atoms with Crippen LogP contribution in [0, 0.1) is 0 Å². The lowest BCUT2D eigenvalue weighted by molar-refractivity contribution is 0.110. The van der Waals surface area contributed by atoms with Crippen molar-refractivity contribution in [2.24, 2.45) is 0 Å². The maximum absolute atomic E-state index is 10.6. The minimum absolute atomic E-state index is 0.299. The molecule has 0 aromatic carbocycles. The smallest absolute Gasteiger partial charge is 0.185 e. The zero-order valence-electron chi connectivity index (χ0n) is 8.21. The Kier molecular flexibility index (Phi) is 1.86. The summed E-state index contributed by atoms with van der Waals surface area (Å²) in [5.41, 5.74) is 1.31. The number of carbonyl (C=O) groups is 1. The van der Waals surface area contributed by atoms with E-state index in [-0.39, 0.29) is 0 Å². The fourth-order valence-electron chi connectivity index (χ4n) is 1.57. The maximum atomic E-state index is 10.6. The Morgan fingerprint density at radius 2 is 2.25 bits per heavy atom. The van der Waals surface area contributed by atoms with E-state index >= 15 is 0 Å². The lowest BCUT2D eigenvalue weighted by atomic mass is 10.2. The van der Waals surface area contributed by atoms with Crippen LogP contribution in [0.25, 0.3) is 22.4 Å². The summed E-state index contributed by atoms with van der Waals surface area (Å²) in [6, 6.07) is 7.01. The van der Waals surface area contributed by atoms with Crippen molar-refractivity contribution in [3.05, 3.63) is 42.5 Å². The van der Waals surface area contributed by atoms with Crippen molar-refractivity contribution in [2.45, 2.75) is 0 Å². The van der Waals surface area contributed by atoms with Gasteiger partial charge in [0, 0.05) is 17.6 Å². The summed E-state index contributed by atoms with van der Waals surface area (Å²) in [5, 5.41) is 0.803. The molecule has 3 aromatic rings. The third-order valence-electron chi connectivity index (χ3n) is 2.31. The molecular weight excluding hydrogens is 206 g/mol. The molecule has 0 saturated heterocycles. The molecule has 0 aliphatic rings. The number of pyridine rings is 1. The average molecular weight is 213 g/mol. The summed E-state index contributed by atoms with van der Waals surface area (Å²) < 4.78 is 10.5. The number of fused-ring (bicyclic) bond motifs is 1. The van der Waals surface area contributed by atoms with E-state index in [0.29, 0.717) is 29.1 Å². The van der Waals surface area contributed by atoms with Crippen molar-refractivity contribution in [2.75, 3.05) is 0 Å². The molecular formula is C12H7NO3. The van der Waals surface area contributed by atoms with E-state index in [2.05, 4.69) is 4.98 Å². The molecule has 0 amide bonds. The minimum atomic E-state index is 0.299. The van der Waals surface area contributed by atoms with Crippen molar-refractivity contribution in [3.8, 4) is 11.5 Å². The number of hydrogen-bond acceptors (Lipinski definition) is 4. The molecule has 0 bridgehead atoms. The summed E-state index contributed by atoms with van der Waals surface area (Å²) in [6.07, 6.45) is 3.91. The van der Waals surface area contributed by atoms with Gasteiger partial charge in [-0.25, -0.2) is 0 Å². The van der Waals surface area contributed by atoms with Crippen LogP contribution in [0.15, 0.2) is 45.6 Å². The summed E-state index contributed by atoms with van der Waals surface area (Å²) in [4.78, 5) is 14.8. The molecule has 0 radical (unpaired) electrons. The molecule has 0 N–H and O–H groups in total. The van der Waals surface area contributed by atoms with Crippen molar-refractivity contribution < 1.29 is 13.6 Å². The number of furan rings is 2. The van der Waals surface area contributed by atoms with Gasteiger partial charge in [0.25, 0.3) is 0 Å². The summed E-state index contributed by atoms with van der Waals surface area (Å²) >= 11 is 0. The van der Waals surface area contributed by atoms with Gasteiger partial charge in [-0.2, -0.15) is 0 Å². The number of rotatable bonds is 2. The SMILES string of the molecule is O=Cc1cc2cnc(-c3ccco3)cc2o1. The highest BCUT2D eigenvalue weighted by Gasteiger charge is 2.07. The number of aromatic nitrogens is 1. The number of hydrogen-bond donors (Lipinski definition) is 0. The molecule has 0 unspecified atom stereocenters. The highest BCUT2D eigenvalue weighted by molar-refractivity contribution is 5.86. The van der Waals surface area contributed by atoms with Gasteiger partial charge in [0.1, 0.15) is 11.3 Å². The van der Waals surface area contributed by atoms with E-state index in [1.807, 2.05) is 6.07 Å². The molecule has 78 valence electrons. The second-order valence-corrected chi connectivity index (χ2v) is 3.35. The van der Waals surface area contributed by atoms with Gasteiger partial charge in [-0.05, 0) is 18.2 Å². The van der Waals surface area contributed by atoms with Crippen LogP contribution >= 0.6 is 0 Å². The molecule has 4 heteroatoms. The van der Waals surface area contributed by atoms with Crippen LogP contribution in [-0.4, -0.2) is 11.3 Å². The maximum Gasteiger partial charge on any atom is 0.185 e. The van der Waals surface area contributed by atoms with Crippen LogP contribution < -0.4 is 0 Å². The molecule has 0 spiro atoms. The quantitative estimate of drug-likeness (QED) is 0.614. The van der Waals surface area contributed by atoms with E-state index in [1.165, 1.54) is 0 Å². The summed E-state index contributed by atoms with van der Waals surface area (Å²) in [6.45, 7) is 0. The Balaban J connectivity index is 2.19. The molecule has 0 atom stereocenters. The van der Waals surface area contributed by atoms with Crippen molar-refractivity contribution in [3.63, 3.8) is 0 Å². The van der Waals surface area contributed by atoms with Crippen molar-refractivity contribution >= 4 is 17.3 Å². The van der Waals surface area contributed by atoms with Crippen LogP contribution in [0.2, 0.25) is 0 Å².